The van der Waals surface area contributed by atoms with Gasteiger partial charge in [-0.2, -0.15) is 0 Å². The number of allylic oxidation sites excluding steroid dienone is 4. The third kappa shape index (κ3) is 2.27. The van der Waals surface area contributed by atoms with Gasteiger partial charge in [0.1, 0.15) is 0 Å². The zero-order valence-electron chi connectivity index (χ0n) is 14.1. The van der Waals surface area contributed by atoms with E-state index in [2.05, 4.69) is 80.7 Å². The van der Waals surface area contributed by atoms with Gasteiger partial charge >= 0.3 is 0 Å². The first-order valence-electron chi connectivity index (χ1n) is 8.48. The van der Waals surface area contributed by atoms with Crippen LogP contribution in [0.2, 0.25) is 13.1 Å². The highest BCUT2D eigenvalue weighted by Crippen LogP contribution is 2.41. The molecule has 0 saturated heterocycles. The van der Waals surface area contributed by atoms with Crippen LogP contribution in [-0.4, -0.2) is 8.80 Å². The molecule has 0 nitrogen and oxygen atoms in total. The molecule has 3 aromatic rings. The fourth-order valence-electron chi connectivity index (χ4n) is 4.09. The molecule has 0 aliphatic heterocycles. The molecule has 0 atom stereocenters. The molecule has 0 fully saturated rings. The second-order valence-electron chi connectivity index (χ2n) is 6.83. The molecule has 0 bridgehead atoms. The number of rotatable bonds is 2. The Balaban J connectivity index is 2.16. The molecule has 1 aliphatic carbocycles. The highest BCUT2D eigenvalue weighted by molar-refractivity contribution is 6.67. The normalized spacial score (nSPS) is 15.0. The van der Waals surface area contributed by atoms with Crippen molar-refractivity contribution in [3.63, 3.8) is 0 Å². The zero-order chi connectivity index (χ0) is 16.0. The first-order valence-corrected chi connectivity index (χ1v) is 11.4. The lowest BCUT2D eigenvalue weighted by Crippen LogP contribution is -2.07. The summed E-state index contributed by atoms with van der Waals surface area (Å²) < 4.78 is 0. The molecule has 3 aromatic carbocycles. The summed E-state index contributed by atoms with van der Waals surface area (Å²) in [5, 5.41) is 7.17. The fraction of sp³-hybridized carbons (Fsp3) is 0.182. The summed E-state index contributed by atoms with van der Waals surface area (Å²) in [6.45, 7) is 7.19. The van der Waals surface area contributed by atoms with Crippen molar-refractivity contribution in [2.75, 3.05) is 0 Å². The SMILES string of the molecule is CC1=CCC(c2c3ccccc3cc3ccccc23)=C1[SiH](C)C. The van der Waals surface area contributed by atoms with E-state index in [1.165, 1.54) is 32.7 Å². The summed E-state index contributed by atoms with van der Waals surface area (Å²) in [5.41, 5.74) is 4.57. The third-order valence-electron chi connectivity index (χ3n) is 5.01. The molecule has 0 unspecified atom stereocenters. The molecule has 0 aromatic heterocycles. The Bertz CT molecular complexity index is 920. The average Bonchev–Trinajstić information content (AvgIpc) is 2.94. The molecule has 23 heavy (non-hydrogen) atoms. The van der Waals surface area contributed by atoms with Gasteiger partial charge in [-0.1, -0.05) is 78.5 Å². The van der Waals surface area contributed by atoms with E-state index in [4.69, 9.17) is 0 Å². The van der Waals surface area contributed by atoms with Gasteiger partial charge in [-0.15, -0.1) is 0 Å². The summed E-state index contributed by atoms with van der Waals surface area (Å²) in [7, 11) is -0.858. The van der Waals surface area contributed by atoms with E-state index in [0.29, 0.717) is 0 Å². The number of hydrogen-bond donors (Lipinski definition) is 0. The lowest BCUT2D eigenvalue weighted by molar-refractivity contribution is 1.43. The number of fused-ring (bicyclic) bond motifs is 2. The van der Waals surface area contributed by atoms with E-state index < -0.39 is 8.80 Å². The zero-order valence-corrected chi connectivity index (χ0v) is 15.2. The lowest BCUT2D eigenvalue weighted by Gasteiger charge is -2.17. The molecule has 114 valence electrons. The first kappa shape index (κ1) is 14.5. The highest BCUT2D eigenvalue weighted by atomic mass is 28.3. The van der Waals surface area contributed by atoms with Crippen LogP contribution in [0.25, 0.3) is 27.1 Å². The summed E-state index contributed by atoms with van der Waals surface area (Å²) in [6.07, 6.45) is 3.51. The fourth-order valence-corrected chi connectivity index (χ4v) is 6.08. The van der Waals surface area contributed by atoms with Gasteiger partial charge in [0.15, 0.2) is 0 Å². The van der Waals surface area contributed by atoms with Crippen molar-refractivity contribution < 1.29 is 0 Å². The predicted octanol–water partition coefficient (Wildman–Crippen LogP) is 6.12. The minimum atomic E-state index is -0.858. The van der Waals surface area contributed by atoms with Gasteiger partial charge in [-0.05, 0) is 52.1 Å². The van der Waals surface area contributed by atoms with E-state index in [0.717, 1.165) is 6.42 Å². The van der Waals surface area contributed by atoms with Crippen LogP contribution in [0.15, 0.2) is 71.4 Å². The topological polar surface area (TPSA) is 0 Å². The van der Waals surface area contributed by atoms with Crippen LogP contribution in [0.1, 0.15) is 18.9 Å². The molecule has 1 aliphatic rings. The van der Waals surface area contributed by atoms with Crippen LogP contribution < -0.4 is 0 Å². The monoisotopic (exact) mass is 314 g/mol. The van der Waals surface area contributed by atoms with Gasteiger partial charge in [0.2, 0.25) is 0 Å². The van der Waals surface area contributed by atoms with Crippen molar-refractivity contribution in [3.05, 3.63) is 77.0 Å². The van der Waals surface area contributed by atoms with E-state index in [-0.39, 0.29) is 0 Å². The standard InChI is InChI=1S/C22H22Si/c1-15-12-13-20(22(15)23(2)3)21-18-10-6-4-8-16(18)14-17-9-5-7-11-19(17)21/h4-12,14,23H,13H2,1-3H3. The second-order valence-corrected chi connectivity index (χ2v) is 9.72. The van der Waals surface area contributed by atoms with Crippen LogP contribution in [-0.2, 0) is 0 Å². The Morgan fingerprint density at radius 1 is 0.826 bits per heavy atom. The van der Waals surface area contributed by atoms with Crippen LogP contribution in [0, 0.1) is 0 Å². The van der Waals surface area contributed by atoms with Crippen molar-refractivity contribution in [1.82, 2.24) is 0 Å². The van der Waals surface area contributed by atoms with Gasteiger partial charge in [0, 0.05) is 0 Å². The quantitative estimate of drug-likeness (QED) is 0.395. The lowest BCUT2D eigenvalue weighted by atomic mass is 9.91. The maximum Gasteiger partial charge on any atom is 0.0654 e. The third-order valence-corrected chi connectivity index (χ3v) is 6.97. The molecule has 4 rings (SSSR count). The van der Waals surface area contributed by atoms with Crippen molar-refractivity contribution >= 4 is 35.9 Å². The summed E-state index contributed by atoms with van der Waals surface area (Å²) in [6, 6.07) is 20.0. The van der Waals surface area contributed by atoms with Gasteiger partial charge in [-0.25, -0.2) is 0 Å². The summed E-state index contributed by atoms with van der Waals surface area (Å²) in [4.78, 5) is 0. The largest absolute Gasteiger partial charge is 0.0773 e. The van der Waals surface area contributed by atoms with Crippen molar-refractivity contribution in [2.24, 2.45) is 0 Å². The molecule has 1 heteroatoms. The minimum Gasteiger partial charge on any atom is -0.0773 e. The predicted molar refractivity (Wildman–Crippen MR) is 106 cm³/mol. The molecule has 0 heterocycles. The second kappa shape index (κ2) is 5.50. The molecule has 0 spiro atoms. The number of benzene rings is 3. The molecule has 0 saturated carbocycles. The molecule has 0 radical (unpaired) electrons. The minimum absolute atomic E-state index is 0.858. The van der Waals surface area contributed by atoms with Crippen LogP contribution >= 0.6 is 0 Å². The summed E-state index contributed by atoms with van der Waals surface area (Å²) in [5.74, 6) is 0. The Morgan fingerprint density at radius 3 is 1.96 bits per heavy atom. The molecular weight excluding hydrogens is 292 g/mol. The van der Waals surface area contributed by atoms with Gasteiger partial charge in [-0.3, -0.25) is 0 Å². The van der Waals surface area contributed by atoms with Crippen molar-refractivity contribution in [3.8, 4) is 0 Å². The van der Waals surface area contributed by atoms with E-state index in [1.807, 2.05) is 0 Å². The van der Waals surface area contributed by atoms with E-state index in [1.54, 1.807) is 10.8 Å². The molecular formula is C22H22Si. The Hall–Kier alpha value is -2.12. The Kier molecular flexibility index (Phi) is 3.46. The highest BCUT2D eigenvalue weighted by Gasteiger charge is 2.22. The van der Waals surface area contributed by atoms with Crippen molar-refractivity contribution in [1.29, 1.82) is 0 Å². The first-order chi connectivity index (χ1) is 11.2. The van der Waals surface area contributed by atoms with E-state index >= 15 is 0 Å². The van der Waals surface area contributed by atoms with E-state index in [9.17, 15) is 0 Å². The van der Waals surface area contributed by atoms with Gasteiger partial charge in [0.05, 0.1) is 8.80 Å². The average molecular weight is 315 g/mol. The maximum atomic E-state index is 2.45. The van der Waals surface area contributed by atoms with Crippen LogP contribution in [0.5, 0.6) is 0 Å². The van der Waals surface area contributed by atoms with Gasteiger partial charge < -0.3 is 0 Å². The Morgan fingerprint density at radius 2 is 1.39 bits per heavy atom. The maximum absolute atomic E-state index is 2.45. The summed E-state index contributed by atoms with van der Waals surface area (Å²) >= 11 is 0. The molecule has 0 N–H and O–H groups in total. The molecule has 0 amide bonds. The van der Waals surface area contributed by atoms with Crippen LogP contribution in [0.4, 0.5) is 0 Å². The van der Waals surface area contributed by atoms with Crippen LogP contribution in [0.3, 0.4) is 0 Å². The van der Waals surface area contributed by atoms with Gasteiger partial charge in [0.25, 0.3) is 0 Å². The smallest absolute Gasteiger partial charge is 0.0654 e. The number of hydrogen-bond acceptors (Lipinski definition) is 0. The Labute approximate surface area is 139 Å². The van der Waals surface area contributed by atoms with Crippen molar-refractivity contribution in [2.45, 2.75) is 26.4 Å².